The topological polar surface area (TPSA) is 63.2 Å². The number of alkyl carbamates (subject to hydrolysis) is 1. The summed E-state index contributed by atoms with van der Waals surface area (Å²) >= 11 is 1.59. The number of rotatable bonds is 6. The van der Waals surface area contributed by atoms with Gasteiger partial charge in [0, 0.05) is 24.2 Å². The van der Waals surface area contributed by atoms with Gasteiger partial charge in [0.15, 0.2) is 0 Å². The summed E-state index contributed by atoms with van der Waals surface area (Å²) in [6.07, 6.45) is 1.21. The highest BCUT2D eigenvalue weighted by molar-refractivity contribution is 7.18. The molecule has 0 fully saturated rings. The second-order valence-electron chi connectivity index (χ2n) is 9.16. The van der Waals surface area contributed by atoms with Crippen LogP contribution in [0.15, 0.2) is 42.5 Å². The fourth-order valence-electron chi connectivity index (χ4n) is 3.17. The van der Waals surface area contributed by atoms with E-state index in [0.717, 1.165) is 38.5 Å². The molecule has 0 spiro atoms. The molecule has 2 atom stereocenters. The summed E-state index contributed by atoms with van der Waals surface area (Å²) in [7, 11) is 1.90. The molecule has 1 aromatic heterocycles. The summed E-state index contributed by atoms with van der Waals surface area (Å²) in [5, 5.41) is 7.04. The standard InChI is InChI=1S/C27H33N3O2S/c1-7-18(2)8-9-19-10-12-20(13-11-19)16-23(30-26(31)32-27(3,4)5)25-29-22-15-14-21(28-6)17-24(22)33-25/h10-15,17-18,23,28H,7,16H2,1-6H3,(H,30,31). The molecule has 33 heavy (non-hydrogen) atoms. The van der Waals surface area contributed by atoms with E-state index in [0.29, 0.717) is 12.3 Å². The Morgan fingerprint density at radius 1 is 1.18 bits per heavy atom. The molecule has 1 amide bonds. The summed E-state index contributed by atoms with van der Waals surface area (Å²) in [6.45, 7) is 9.85. The maximum absolute atomic E-state index is 12.6. The van der Waals surface area contributed by atoms with Gasteiger partial charge in [-0.1, -0.05) is 37.8 Å². The summed E-state index contributed by atoms with van der Waals surface area (Å²) < 4.78 is 6.59. The van der Waals surface area contributed by atoms with Gasteiger partial charge in [-0.3, -0.25) is 0 Å². The molecule has 0 bridgehead atoms. The number of amides is 1. The number of thiazole rings is 1. The van der Waals surface area contributed by atoms with E-state index < -0.39 is 11.7 Å². The predicted octanol–water partition coefficient (Wildman–Crippen LogP) is 6.54. The van der Waals surface area contributed by atoms with Crippen molar-refractivity contribution in [3.05, 3.63) is 58.6 Å². The Balaban J connectivity index is 1.85. The van der Waals surface area contributed by atoms with Gasteiger partial charge in [-0.2, -0.15) is 0 Å². The summed E-state index contributed by atoms with van der Waals surface area (Å²) in [4.78, 5) is 17.4. The average molecular weight is 464 g/mol. The van der Waals surface area contributed by atoms with Crippen LogP contribution in [0.2, 0.25) is 0 Å². The lowest BCUT2D eigenvalue weighted by atomic mass is 10.0. The largest absolute Gasteiger partial charge is 0.444 e. The molecule has 1 heterocycles. The number of carbonyl (C=O) groups is 1. The van der Waals surface area contributed by atoms with Crippen molar-refractivity contribution >= 4 is 33.3 Å². The second kappa shape index (κ2) is 10.7. The molecule has 174 valence electrons. The first kappa shape index (κ1) is 24.6. The molecule has 3 aromatic rings. The highest BCUT2D eigenvalue weighted by Gasteiger charge is 2.23. The van der Waals surface area contributed by atoms with Crippen molar-refractivity contribution in [3.8, 4) is 11.8 Å². The van der Waals surface area contributed by atoms with Crippen molar-refractivity contribution in [1.82, 2.24) is 10.3 Å². The average Bonchev–Trinajstić information content (AvgIpc) is 3.20. The van der Waals surface area contributed by atoms with E-state index in [1.54, 1.807) is 11.3 Å². The van der Waals surface area contributed by atoms with Crippen molar-refractivity contribution in [1.29, 1.82) is 0 Å². The minimum Gasteiger partial charge on any atom is -0.444 e. The third kappa shape index (κ3) is 7.23. The first-order valence-corrected chi connectivity index (χ1v) is 12.2. The molecule has 2 N–H and O–H groups in total. The zero-order valence-electron chi connectivity index (χ0n) is 20.3. The maximum atomic E-state index is 12.6. The number of benzene rings is 2. The highest BCUT2D eigenvalue weighted by atomic mass is 32.1. The molecule has 0 radical (unpaired) electrons. The highest BCUT2D eigenvalue weighted by Crippen LogP contribution is 2.30. The molecular formula is C27H33N3O2S. The number of hydrogen-bond donors (Lipinski definition) is 2. The van der Waals surface area contributed by atoms with Crippen LogP contribution in [0.5, 0.6) is 0 Å². The van der Waals surface area contributed by atoms with Crippen molar-refractivity contribution in [3.63, 3.8) is 0 Å². The van der Waals surface area contributed by atoms with E-state index >= 15 is 0 Å². The smallest absolute Gasteiger partial charge is 0.408 e. The molecule has 5 nitrogen and oxygen atoms in total. The number of ether oxygens (including phenoxy) is 1. The predicted molar refractivity (Wildman–Crippen MR) is 138 cm³/mol. The molecule has 3 rings (SSSR count). The van der Waals surface area contributed by atoms with Crippen LogP contribution in [0.4, 0.5) is 10.5 Å². The fourth-order valence-corrected chi connectivity index (χ4v) is 4.22. The summed E-state index contributed by atoms with van der Waals surface area (Å²) in [5.41, 5.74) is 3.47. The van der Waals surface area contributed by atoms with Crippen LogP contribution in [0.1, 0.15) is 63.2 Å². The number of fused-ring (bicyclic) bond motifs is 1. The van der Waals surface area contributed by atoms with Crippen LogP contribution in [-0.4, -0.2) is 23.7 Å². The number of carbonyl (C=O) groups excluding carboxylic acids is 1. The first-order chi connectivity index (χ1) is 15.7. The van der Waals surface area contributed by atoms with Crippen LogP contribution in [0, 0.1) is 17.8 Å². The molecule has 0 aliphatic heterocycles. The second-order valence-corrected chi connectivity index (χ2v) is 10.2. The van der Waals surface area contributed by atoms with E-state index in [1.165, 1.54) is 0 Å². The Labute approximate surface area is 201 Å². The lowest BCUT2D eigenvalue weighted by molar-refractivity contribution is 0.0503. The Bertz CT molecular complexity index is 1150. The SMILES string of the molecule is CCC(C)C#Cc1ccc(CC(NC(=O)OC(C)(C)C)c2nc3ccc(NC)cc3s2)cc1. The van der Waals surface area contributed by atoms with E-state index in [4.69, 9.17) is 9.72 Å². The molecular weight excluding hydrogens is 430 g/mol. The van der Waals surface area contributed by atoms with Gasteiger partial charge in [-0.05, 0) is 69.5 Å². The third-order valence-electron chi connectivity index (χ3n) is 5.15. The van der Waals surface area contributed by atoms with E-state index in [2.05, 4.69) is 54.5 Å². The normalized spacial score (nSPS) is 13.0. The van der Waals surface area contributed by atoms with Gasteiger partial charge in [-0.25, -0.2) is 9.78 Å². The van der Waals surface area contributed by atoms with Gasteiger partial charge in [0.2, 0.25) is 0 Å². The number of nitrogens with one attached hydrogen (secondary N) is 2. The molecule has 0 saturated carbocycles. The van der Waals surface area contributed by atoms with Crippen LogP contribution in [0.25, 0.3) is 10.2 Å². The molecule has 0 aliphatic rings. The van der Waals surface area contributed by atoms with Crippen molar-refractivity contribution in [2.45, 2.75) is 59.1 Å². The first-order valence-electron chi connectivity index (χ1n) is 11.3. The van der Waals surface area contributed by atoms with Gasteiger partial charge in [0.05, 0.1) is 16.3 Å². The fraction of sp³-hybridized carbons (Fsp3) is 0.407. The van der Waals surface area contributed by atoms with Gasteiger partial charge in [0.1, 0.15) is 10.6 Å². The minimum absolute atomic E-state index is 0.299. The molecule has 0 aliphatic carbocycles. The lowest BCUT2D eigenvalue weighted by Crippen LogP contribution is -2.35. The molecule has 2 aromatic carbocycles. The molecule has 6 heteroatoms. The lowest BCUT2D eigenvalue weighted by Gasteiger charge is -2.23. The van der Waals surface area contributed by atoms with Crippen molar-refractivity contribution < 1.29 is 9.53 Å². The Kier molecular flexibility index (Phi) is 7.99. The van der Waals surface area contributed by atoms with Crippen molar-refractivity contribution in [2.24, 2.45) is 5.92 Å². The number of anilines is 1. The van der Waals surface area contributed by atoms with Crippen LogP contribution in [0.3, 0.4) is 0 Å². The quantitative estimate of drug-likeness (QED) is 0.407. The summed E-state index contributed by atoms with van der Waals surface area (Å²) in [5.74, 6) is 6.89. The number of hydrogen-bond acceptors (Lipinski definition) is 5. The number of aromatic nitrogens is 1. The van der Waals surface area contributed by atoms with Gasteiger partial charge >= 0.3 is 6.09 Å². The minimum atomic E-state index is -0.570. The molecule has 2 unspecified atom stereocenters. The summed E-state index contributed by atoms with van der Waals surface area (Å²) in [6, 6.07) is 14.0. The molecule has 0 saturated heterocycles. The Morgan fingerprint density at radius 3 is 2.55 bits per heavy atom. The van der Waals surface area contributed by atoms with Gasteiger partial charge < -0.3 is 15.4 Å². The zero-order valence-corrected chi connectivity index (χ0v) is 21.1. The third-order valence-corrected chi connectivity index (χ3v) is 6.28. The van der Waals surface area contributed by atoms with Gasteiger partial charge in [-0.15, -0.1) is 11.3 Å². The van der Waals surface area contributed by atoms with Crippen LogP contribution in [-0.2, 0) is 11.2 Å². The van der Waals surface area contributed by atoms with Crippen LogP contribution >= 0.6 is 11.3 Å². The van der Waals surface area contributed by atoms with E-state index in [1.807, 2.05) is 52.1 Å². The Hall–Kier alpha value is -3.04. The Morgan fingerprint density at radius 2 is 1.91 bits per heavy atom. The van der Waals surface area contributed by atoms with Gasteiger partial charge in [0.25, 0.3) is 0 Å². The van der Waals surface area contributed by atoms with E-state index in [-0.39, 0.29) is 6.04 Å². The van der Waals surface area contributed by atoms with E-state index in [9.17, 15) is 4.79 Å². The monoisotopic (exact) mass is 463 g/mol. The van der Waals surface area contributed by atoms with Crippen molar-refractivity contribution in [2.75, 3.05) is 12.4 Å². The maximum Gasteiger partial charge on any atom is 0.408 e. The zero-order chi connectivity index (χ0) is 24.0. The van der Waals surface area contributed by atoms with Crippen LogP contribution < -0.4 is 10.6 Å². The number of nitrogens with zero attached hydrogens (tertiary/aromatic N) is 1.